The van der Waals surface area contributed by atoms with Crippen LogP contribution in [-0.2, 0) is 11.3 Å². The van der Waals surface area contributed by atoms with Crippen LogP contribution in [0, 0.1) is 5.92 Å². The van der Waals surface area contributed by atoms with Crippen LogP contribution in [0.4, 0.5) is 4.79 Å². The minimum atomic E-state index is -1.40. The van der Waals surface area contributed by atoms with E-state index in [2.05, 4.69) is 9.72 Å². The highest BCUT2D eigenvalue weighted by molar-refractivity contribution is 7.09. The lowest BCUT2D eigenvalue weighted by atomic mass is 10.0. The molecule has 0 fully saturated rings. The Morgan fingerprint density at radius 2 is 1.96 bits per heavy atom. The van der Waals surface area contributed by atoms with E-state index >= 15 is 0 Å². The lowest BCUT2D eigenvalue weighted by Gasteiger charge is -2.32. The topological polar surface area (TPSA) is 79.7 Å². The molecule has 1 unspecified atom stereocenters. The zero-order chi connectivity index (χ0) is 17.7. The number of amides is 1. The summed E-state index contributed by atoms with van der Waals surface area (Å²) >= 11 is 1.29. The molecule has 0 aliphatic rings. The lowest BCUT2D eigenvalue weighted by Crippen LogP contribution is -2.35. The minimum Gasteiger partial charge on any atom is -0.449 e. The molecule has 0 saturated heterocycles. The first-order chi connectivity index (χ1) is 11.4. The molecule has 1 aromatic carbocycles. The molecule has 128 valence electrons. The SMILES string of the molecule is CC(=O)N(Cc1ccccc1)C(c1nc(OC(=O)O)cs1)C(C)C. The summed E-state index contributed by atoms with van der Waals surface area (Å²) in [4.78, 5) is 28.9. The number of carboxylic acid groups (broad SMARTS) is 1. The molecule has 24 heavy (non-hydrogen) atoms. The van der Waals surface area contributed by atoms with Gasteiger partial charge in [-0.1, -0.05) is 44.2 Å². The van der Waals surface area contributed by atoms with E-state index in [0.717, 1.165) is 5.56 Å². The molecule has 7 heteroatoms. The van der Waals surface area contributed by atoms with Gasteiger partial charge in [0, 0.05) is 13.5 Å². The Morgan fingerprint density at radius 3 is 2.50 bits per heavy atom. The van der Waals surface area contributed by atoms with E-state index in [9.17, 15) is 9.59 Å². The predicted molar refractivity (Wildman–Crippen MR) is 91.0 cm³/mol. The Hall–Kier alpha value is -2.41. The third-order valence-electron chi connectivity index (χ3n) is 3.51. The maximum atomic E-state index is 12.2. The Balaban J connectivity index is 2.30. The molecule has 2 rings (SSSR count). The van der Waals surface area contributed by atoms with Gasteiger partial charge in [-0.2, -0.15) is 0 Å². The number of nitrogens with zero attached hydrogens (tertiary/aromatic N) is 2. The average Bonchev–Trinajstić information content (AvgIpc) is 2.94. The van der Waals surface area contributed by atoms with Gasteiger partial charge in [-0.25, -0.2) is 9.78 Å². The number of carbonyl (C=O) groups is 2. The van der Waals surface area contributed by atoms with E-state index in [4.69, 9.17) is 5.11 Å². The summed E-state index contributed by atoms with van der Waals surface area (Å²) in [7, 11) is 0. The molecule has 6 nitrogen and oxygen atoms in total. The van der Waals surface area contributed by atoms with Gasteiger partial charge in [0.05, 0.1) is 11.4 Å². The average molecular weight is 348 g/mol. The van der Waals surface area contributed by atoms with Crippen molar-refractivity contribution in [2.75, 3.05) is 0 Å². The summed E-state index contributed by atoms with van der Waals surface area (Å²) in [6.07, 6.45) is -1.40. The summed E-state index contributed by atoms with van der Waals surface area (Å²) in [6.45, 7) is 6.00. The maximum absolute atomic E-state index is 12.2. The summed E-state index contributed by atoms with van der Waals surface area (Å²) in [5.41, 5.74) is 1.02. The number of rotatable bonds is 6. The number of benzene rings is 1. The fraction of sp³-hybridized carbons (Fsp3) is 0.353. The van der Waals surface area contributed by atoms with Crippen molar-refractivity contribution in [3.05, 3.63) is 46.3 Å². The van der Waals surface area contributed by atoms with E-state index < -0.39 is 6.16 Å². The number of ether oxygens (including phenoxy) is 1. The van der Waals surface area contributed by atoms with Crippen molar-refractivity contribution in [1.29, 1.82) is 0 Å². The van der Waals surface area contributed by atoms with Crippen LogP contribution in [0.15, 0.2) is 35.7 Å². The molecule has 1 heterocycles. The van der Waals surface area contributed by atoms with Gasteiger partial charge in [-0.3, -0.25) is 4.79 Å². The lowest BCUT2D eigenvalue weighted by molar-refractivity contribution is -0.133. The molecule has 0 saturated carbocycles. The van der Waals surface area contributed by atoms with Crippen LogP contribution in [0.5, 0.6) is 5.88 Å². The number of hydrogen-bond acceptors (Lipinski definition) is 5. The first-order valence-electron chi connectivity index (χ1n) is 7.55. The van der Waals surface area contributed by atoms with Gasteiger partial charge in [-0.15, -0.1) is 11.3 Å². The first kappa shape index (κ1) is 17.9. The van der Waals surface area contributed by atoms with Crippen LogP contribution in [0.2, 0.25) is 0 Å². The standard InChI is InChI=1S/C17H20N2O4S/c1-11(2)15(16-18-14(10-24-16)23-17(21)22)19(12(3)20)9-13-7-5-4-6-8-13/h4-8,10-11,15H,9H2,1-3H3,(H,21,22). The summed E-state index contributed by atoms with van der Waals surface area (Å²) in [5.74, 6) is 0.0891. The van der Waals surface area contributed by atoms with Gasteiger partial charge < -0.3 is 14.7 Å². The Bertz CT molecular complexity index is 700. The molecular weight excluding hydrogens is 328 g/mol. The van der Waals surface area contributed by atoms with Crippen molar-refractivity contribution in [3.8, 4) is 5.88 Å². The second-order valence-corrected chi connectivity index (χ2v) is 6.60. The molecule has 0 spiro atoms. The molecule has 1 aromatic heterocycles. The molecule has 1 amide bonds. The van der Waals surface area contributed by atoms with Crippen LogP contribution in [0.1, 0.15) is 37.4 Å². The largest absolute Gasteiger partial charge is 0.512 e. The van der Waals surface area contributed by atoms with E-state index in [1.807, 2.05) is 44.2 Å². The van der Waals surface area contributed by atoms with Crippen molar-refractivity contribution in [3.63, 3.8) is 0 Å². The van der Waals surface area contributed by atoms with Crippen molar-refractivity contribution in [2.24, 2.45) is 5.92 Å². The van der Waals surface area contributed by atoms with Gasteiger partial charge in [0.15, 0.2) is 0 Å². The molecule has 0 bridgehead atoms. The maximum Gasteiger partial charge on any atom is 0.512 e. The number of aromatic nitrogens is 1. The van der Waals surface area contributed by atoms with Crippen LogP contribution in [0.3, 0.4) is 0 Å². The zero-order valence-corrected chi connectivity index (χ0v) is 14.6. The summed E-state index contributed by atoms with van der Waals surface area (Å²) in [5, 5.41) is 10.9. The number of hydrogen-bond donors (Lipinski definition) is 1. The van der Waals surface area contributed by atoms with Crippen LogP contribution < -0.4 is 4.74 Å². The van der Waals surface area contributed by atoms with Crippen molar-refractivity contribution in [1.82, 2.24) is 9.88 Å². The van der Waals surface area contributed by atoms with Gasteiger partial charge in [0.1, 0.15) is 5.01 Å². The fourth-order valence-electron chi connectivity index (χ4n) is 2.51. The first-order valence-corrected chi connectivity index (χ1v) is 8.43. The predicted octanol–water partition coefficient (Wildman–Crippen LogP) is 3.95. The quantitative estimate of drug-likeness (QED) is 0.800. The molecule has 0 aliphatic heterocycles. The monoisotopic (exact) mass is 348 g/mol. The van der Waals surface area contributed by atoms with E-state index in [1.54, 1.807) is 10.3 Å². The Morgan fingerprint density at radius 1 is 1.29 bits per heavy atom. The van der Waals surface area contributed by atoms with Gasteiger partial charge in [0.25, 0.3) is 0 Å². The van der Waals surface area contributed by atoms with E-state index in [0.29, 0.717) is 11.6 Å². The zero-order valence-electron chi connectivity index (χ0n) is 13.8. The Labute approximate surface area is 144 Å². The van der Waals surface area contributed by atoms with E-state index in [1.165, 1.54) is 18.3 Å². The highest BCUT2D eigenvalue weighted by Gasteiger charge is 2.29. The number of carbonyl (C=O) groups excluding carboxylic acids is 1. The highest BCUT2D eigenvalue weighted by atomic mass is 32.1. The third-order valence-corrected chi connectivity index (χ3v) is 4.41. The van der Waals surface area contributed by atoms with Crippen molar-refractivity contribution < 1.29 is 19.4 Å². The fourth-order valence-corrected chi connectivity index (χ4v) is 3.51. The van der Waals surface area contributed by atoms with Crippen molar-refractivity contribution in [2.45, 2.75) is 33.4 Å². The molecule has 2 aromatic rings. The second-order valence-electron chi connectivity index (χ2n) is 5.71. The summed E-state index contributed by atoms with van der Waals surface area (Å²) in [6, 6.07) is 9.47. The Kier molecular flexibility index (Phi) is 5.92. The smallest absolute Gasteiger partial charge is 0.449 e. The highest BCUT2D eigenvalue weighted by Crippen LogP contribution is 2.34. The van der Waals surface area contributed by atoms with Gasteiger partial charge >= 0.3 is 6.16 Å². The molecule has 0 radical (unpaired) electrons. The molecule has 1 atom stereocenters. The van der Waals surface area contributed by atoms with Gasteiger partial charge in [0.2, 0.25) is 11.8 Å². The number of thiazole rings is 1. The van der Waals surface area contributed by atoms with Crippen LogP contribution >= 0.6 is 11.3 Å². The second kappa shape index (κ2) is 7.92. The molecule has 1 N–H and O–H groups in total. The molecule has 0 aliphatic carbocycles. The van der Waals surface area contributed by atoms with Crippen LogP contribution in [-0.4, -0.2) is 27.1 Å². The van der Waals surface area contributed by atoms with Gasteiger partial charge in [-0.05, 0) is 11.5 Å². The van der Waals surface area contributed by atoms with Crippen LogP contribution in [0.25, 0.3) is 0 Å². The normalized spacial score (nSPS) is 12.0. The summed E-state index contributed by atoms with van der Waals surface area (Å²) < 4.78 is 4.60. The third kappa shape index (κ3) is 4.55. The van der Waals surface area contributed by atoms with E-state index in [-0.39, 0.29) is 23.7 Å². The minimum absolute atomic E-state index is 0.0383. The molecular formula is C17H20N2O4S. The van der Waals surface area contributed by atoms with Crippen molar-refractivity contribution >= 4 is 23.4 Å².